The van der Waals surface area contributed by atoms with Crippen molar-refractivity contribution in [3.05, 3.63) is 96.1 Å². The first kappa shape index (κ1) is 17.4. The number of hydrogen-bond donors (Lipinski definition) is 2. The SMILES string of the molecule is NC(=O)[C@@H](Cc1ccccc1)NC(=O)c1ccc(-c2ccccc2)cc1. The first-order chi connectivity index (χ1) is 12.6. The average molecular weight is 344 g/mol. The summed E-state index contributed by atoms with van der Waals surface area (Å²) in [6, 6.07) is 25.9. The summed E-state index contributed by atoms with van der Waals surface area (Å²) in [6.07, 6.45) is 0.365. The maximum Gasteiger partial charge on any atom is 0.251 e. The molecule has 4 nitrogen and oxygen atoms in total. The number of amides is 2. The summed E-state index contributed by atoms with van der Waals surface area (Å²) in [5, 5.41) is 2.73. The van der Waals surface area contributed by atoms with E-state index in [9.17, 15) is 9.59 Å². The molecule has 0 bridgehead atoms. The van der Waals surface area contributed by atoms with Crippen LogP contribution in [0.15, 0.2) is 84.9 Å². The van der Waals surface area contributed by atoms with Gasteiger partial charge in [-0.15, -0.1) is 0 Å². The van der Waals surface area contributed by atoms with Crippen LogP contribution in [0, 0.1) is 0 Å². The number of carbonyl (C=O) groups is 2. The van der Waals surface area contributed by atoms with Gasteiger partial charge in [-0.1, -0.05) is 72.8 Å². The first-order valence-electron chi connectivity index (χ1n) is 8.43. The third kappa shape index (κ3) is 4.36. The minimum absolute atomic E-state index is 0.315. The van der Waals surface area contributed by atoms with Crippen LogP contribution in [0.4, 0.5) is 0 Å². The van der Waals surface area contributed by atoms with Crippen molar-refractivity contribution < 1.29 is 9.59 Å². The Balaban J connectivity index is 1.70. The van der Waals surface area contributed by atoms with Crippen molar-refractivity contribution in [1.82, 2.24) is 5.32 Å². The predicted octanol–water partition coefficient (Wildman–Crippen LogP) is 3.18. The highest BCUT2D eigenvalue weighted by Crippen LogP contribution is 2.19. The molecule has 0 unspecified atom stereocenters. The fourth-order valence-electron chi connectivity index (χ4n) is 2.76. The molecule has 0 aliphatic rings. The molecule has 0 spiro atoms. The first-order valence-corrected chi connectivity index (χ1v) is 8.43. The Bertz CT molecular complexity index is 875. The largest absolute Gasteiger partial charge is 0.368 e. The Morgan fingerprint density at radius 2 is 1.31 bits per heavy atom. The molecule has 3 N–H and O–H groups in total. The molecular formula is C22H20N2O2. The van der Waals surface area contributed by atoms with E-state index >= 15 is 0 Å². The third-order valence-electron chi connectivity index (χ3n) is 4.19. The van der Waals surface area contributed by atoms with Gasteiger partial charge in [0.05, 0.1) is 0 Å². The van der Waals surface area contributed by atoms with E-state index in [4.69, 9.17) is 5.73 Å². The van der Waals surface area contributed by atoms with Crippen LogP contribution in [0.1, 0.15) is 15.9 Å². The standard InChI is InChI=1S/C22H20N2O2/c23-21(25)20(15-16-7-3-1-4-8-16)24-22(26)19-13-11-18(12-14-19)17-9-5-2-6-10-17/h1-14,20H,15H2,(H2,23,25)(H,24,26)/t20-/m1/s1. The van der Waals surface area contributed by atoms with Gasteiger partial charge in [0.15, 0.2) is 0 Å². The van der Waals surface area contributed by atoms with Gasteiger partial charge in [0.2, 0.25) is 5.91 Å². The molecule has 3 rings (SSSR count). The number of carbonyl (C=O) groups excluding carboxylic acids is 2. The number of rotatable bonds is 6. The Hall–Kier alpha value is -3.40. The van der Waals surface area contributed by atoms with Gasteiger partial charge in [-0.2, -0.15) is 0 Å². The van der Waals surface area contributed by atoms with Crippen LogP contribution in [0.3, 0.4) is 0 Å². The van der Waals surface area contributed by atoms with Gasteiger partial charge in [0.1, 0.15) is 6.04 Å². The quantitative estimate of drug-likeness (QED) is 0.721. The molecule has 0 aromatic heterocycles. The molecule has 26 heavy (non-hydrogen) atoms. The molecule has 0 fully saturated rings. The molecule has 0 heterocycles. The van der Waals surface area contributed by atoms with Gasteiger partial charge < -0.3 is 11.1 Å². The second-order valence-electron chi connectivity index (χ2n) is 6.06. The van der Waals surface area contributed by atoms with Crippen molar-refractivity contribution in [2.45, 2.75) is 12.5 Å². The lowest BCUT2D eigenvalue weighted by Gasteiger charge is -2.16. The van der Waals surface area contributed by atoms with Crippen molar-refractivity contribution >= 4 is 11.8 Å². The zero-order valence-corrected chi connectivity index (χ0v) is 14.3. The van der Waals surface area contributed by atoms with Crippen LogP contribution >= 0.6 is 0 Å². The lowest BCUT2D eigenvalue weighted by Crippen LogP contribution is -2.45. The zero-order valence-electron chi connectivity index (χ0n) is 14.3. The van der Waals surface area contributed by atoms with E-state index in [2.05, 4.69) is 5.32 Å². The molecule has 1 atom stereocenters. The highest BCUT2D eigenvalue weighted by atomic mass is 16.2. The van der Waals surface area contributed by atoms with E-state index in [1.165, 1.54) is 0 Å². The molecule has 130 valence electrons. The van der Waals surface area contributed by atoms with Crippen molar-refractivity contribution in [2.24, 2.45) is 5.73 Å². The molecule has 0 aliphatic carbocycles. The summed E-state index contributed by atoms with van der Waals surface area (Å²) in [5.41, 5.74) is 9.00. The van der Waals surface area contributed by atoms with Gasteiger partial charge in [0, 0.05) is 12.0 Å². The Morgan fingerprint density at radius 1 is 0.769 bits per heavy atom. The van der Waals surface area contributed by atoms with Gasteiger partial charge in [-0.05, 0) is 28.8 Å². The molecular weight excluding hydrogens is 324 g/mol. The van der Waals surface area contributed by atoms with E-state index in [0.29, 0.717) is 12.0 Å². The fourth-order valence-corrected chi connectivity index (χ4v) is 2.76. The molecule has 0 aliphatic heterocycles. The third-order valence-corrected chi connectivity index (χ3v) is 4.19. The van der Waals surface area contributed by atoms with Crippen molar-refractivity contribution in [3.8, 4) is 11.1 Å². The smallest absolute Gasteiger partial charge is 0.251 e. The Labute approximate surface area is 152 Å². The second kappa shape index (κ2) is 8.12. The van der Waals surface area contributed by atoms with E-state index in [1.807, 2.05) is 72.8 Å². The Morgan fingerprint density at radius 3 is 1.88 bits per heavy atom. The normalized spacial score (nSPS) is 11.5. The van der Waals surface area contributed by atoms with Gasteiger partial charge in [-0.3, -0.25) is 9.59 Å². The molecule has 0 radical (unpaired) electrons. The zero-order chi connectivity index (χ0) is 18.4. The van der Waals surface area contributed by atoms with E-state index in [0.717, 1.165) is 16.7 Å². The molecule has 0 saturated heterocycles. The fraction of sp³-hybridized carbons (Fsp3) is 0.0909. The monoisotopic (exact) mass is 344 g/mol. The maximum atomic E-state index is 12.5. The summed E-state index contributed by atoms with van der Waals surface area (Å²) in [7, 11) is 0. The van der Waals surface area contributed by atoms with Crippen molar-refractivity contribution in [1.29, 1.82) is 0 Å². The van der Waals surface area contributed by atoms with Crippen LogP contribution in [-0.2, 0) is 11.2 Å². The van der Waals surface area contributed by atoms with Crippen molar-refractivity contribution in [3.63, 3.8) is 0 Å². The number of nitrogens with two attached hydrogens (primary N) is 1. The van der Waals surface area contributed by atoms with Gasteiger partial charge >= 0.3 is 0 Å². The van der Waals surface area contributed by atoms with Crippen molar-refractivity contribution in [2.75, 3.05) is 0 Å². The highest BCUT2D eigenvalue weighted by Gasteiger charge is 2.19. The molecule has 2 amide bonds. The van der Waals surface area contributed by atoms with E-state index in [-0.39, 0.29) is 5.91 Å². The number of benzene rings is 3. The minimum Gasteiger partial charge on any atom is -0.368 e. The van der Waals surface area contributed by atoms with Crippen LogP contribution in [0.5, 0.6) is 0 Å². The molecule has 3 aromatic carbocycles. The molecule has 3 aromatic rings. The minimum atomic E-state index is -0.751. The van der Waals surface area contributed by atoms with Gasteiger partial charge in [-0.25, -0.2) is 0 Å². The van der Waals surface area contributed by atoms with Crippen LogP contribution in [0.2, 0.25) is 0 Å². The van der Waals surface area contributed by atoms with Crippen LogP contribution < -0.4 is 11.1 Å². The second-order valence-corrected chi connectivity index (χ2v) is 6.06. The van der Waals surface area contributed by atoms with E-state index < -0.39 is 11.9 Å². The summed E-state index contributed by atoms with van der Waals surface area (Å²) in [4.78, 5) is 24.2. The maximum absolute atomic E-state index is 12.5. The number of primary amides is 1. The lowest BCUT2D eigenvalue weighted by atomic mass is 10.0. The summed E-state index contributed by atoms with van der Waals surface area (Å²) < 4.78 is 0. The molecule has 4 heteroatoms. The topological polar surface area (TPSA) is 72.2 Å². The lowest BCUT2D eigenvalue weighted by molar-refractivity contribution is -0.119. The van der Waals surface area contributed by atoms with Crippen LogP contribution in [-0.4, -0.2) is 17.9 Å². The molecule has 0 saturated carbocycles. The number of nitrogens with one attached hydrogen (secondary N) is 1. The summed E-state index contributed by atoms with van der Waals surface area (Å²) in [5.74, 6) is -0.868. The summed E-state index contributed by atoms with van der Waals surface area (Å²) in [6.45, 7) is 0. The Kier molecular flexibility index (Phi) is 5.44. The summed E-state index contributed by atoms with van der Waals surface area (Å²) >= 11 is 0. The van der Waals surface area contributed by atoms with Gasteiger partial charge in [0.25, 0.3) is 5.91 Å². The van der Waals surface area contributed by atoms with Crippen LogP contribution in [0.25, 0.3) is 11.1 Å². The predicted molar refractivity (Wildman–Crippen MR) is 102 cm³/mol. The number of hydrogen-bond acceptors (Lipinski definition) is 2. The van der Waals surface area contributed by atoms with E-state index in [1.54, 1.807) is 12.1 Å². The average Bonchev–Trinajstić information content (AvgIpc) is 2.69. The highest BCUT2D eigenvalue weighted by molar-refractivity contribution is 5.97.